The van der Waals surface area contributed by atoms with Crippen LogP contribution in [0.3, 0.4) is 0 Å². The Hall–Kier alpha value is -3.05. The zero-order chi connectivity index (χ0) is 21.5. The fourth-order valence-electron chi connectivity index (χ4n) is 3.92. The molecule has 1 aromatic heterocycles. The Morgan fingerprint density at radius 3 is 2.57 bits per heavy atom. The molecule has 4 rings (SSSR count). The molecular weight excluding hydrogens is 379 g/mol. The van der Waals surface area contributed by atoms with Crippen molar-refractivity contribution in [2.24, 2.45) is 0 Å². The number of rotatable bonds is 4. The number of aliphatic hydroxyl groups is 1. The Kier molecular flexibility index (Phi) is 5.16. The first-order valence-electron chi connectivity index (χ1n) is 10.1. The van der Waals surface area contributed by atoms with Crippen molar-refractivity contribution in [3.8, 4) is 0 Å². The molecule has 1 N–H and O–H groups in total. The van der Waals surface area contributed by atoms with E-state index in [0.717, 1.165) is 27.8 Å². The van der Waals surface area contributed by atoms with E-state index in [9.17, 15) is 14.3 Å². The topological polar surface area (TPSA) is 53.4 Å². The molecule has 0 saturated carbocycles. The van der Waals surface area contributed by atoms with E-state index in [4.69, 9.17) is 0 Å². The van der Waals surface area contributed by atoms with Gasteiger partial charge in [0.25, 0.3) is 5.91 Å². The fourth-order valence-corrected chi connectivity index (χ4v) is 3.92. The normalized spacial score (nSPS) is 14.0. The molecule has 5 heteroatoms. The third-order valence-electron chi connectivity index (χ3n) is 5.69. The average Bonchev–Trinajstić information content (AvgIpc) is 2.70. The standard InChI is InChI=1S/C25H25FN2O2/c1-16-13-18-10-12-28(23-22(26)5-4-11-27-23)24(29)21(18)15-19(16)14-17-6-8-20(9-7-17)25(2,3)30/h4-9,11,13,15,30H,10,12,14H2,1-3H3. The Balaban J connectivity index is 1.64. The van der Waals surface area contributed by atoms with Gasteiger partial charge in [0.2, 0.25) is 0 Å². The minimum atomic E-state index is -0.878. The number of benzene rings is 2. The second-order valence-electron chi connectivity index (χ2n) is 8.38. The molecule has 3 aromatic rings. The minimum absolute atomic E-state index is 0.0810. The van der Waals surface area contributed by atoms with Crippen LogP contribution in [0.4, 0.5) is 10.2 Å². The second-order valence-corrected chi connectivity index (χ2v) is 8.38. The van der Waals surface area contributed by atoms with Gasteiger partial charge in [-0.15, -0.1) is 0 Å². The summed E-state index contributed by atoms with van der Waals surface area (Å²) in [6.45, 7) is 5.99. The van der Waals surface area contributed by atoms with Crippen LogP contribution in [-0.4, -0.2) is 22.5 Å². The Morgan fingerprint density at radius 1 is 1.17 bits per heavy atom. The van der Waals surface area contributed by atoms with Gasteiger partial charge < -0.3 is 5.11 Å². The van der Waals surface area contributed by atoms with Crippen LogP contribution in [0.5, 0.6) is 0 Å². The number of pyridine rings is 1. The number of fused-ring (bicyclic) bond motifs is 1. The molecule has 30 heavy (non-hydrogen) atoms. The SMILES string of the molecule is Cc1cc2c(cc1Cc1ccc(C(C)(C)O)cc1)C(=O)N(c1ncccc1F)CC2. The molecule has 0 fully saturated rings. The van der Waals surface area contributed by atoms with Gasteiger partial charge in [-0.2, -0.15) is 0 Å². The van der Waals surface area contributed by atoms with Gasteiger partial charge in [-0.05, 0) is 79.6 Å². The largest absolute Gasteiger partial charge is 0.386 e. The molecular formula is C25H25FN2O2. The van der Waals surface area contributed by atoms with Gasteiger partial charge in [0.15, 0.2) is 11.6 Å². The maximum atomic E-state index is 14.2. The predicted octanol–water partition coefficient (Wildman–Crippen LogP) is 4.55. The highest BCUT2D eigenvalue weighted by molar-refractivity contribution is 6.08. The number of hydrogen-bond donors (Lipinski definition) is 1. The van der Waals surface area contributed by atoms with Gasteiger partial charge in [-0.1, -0.05) is 30.3 Å². The smallest absolute Gasteiger partial charge is 0.259 e. The lowest BCUT2D eigenvalue weighted by Gasteiger charge is -2.29. The molecule has 0 saturated heterocycles. The summed E-state index contributed by atoms with van der Waals surface area (Å²) in [4.78, 5) is 18.6. The molecule has 0 spiro atoms. The Morgan fingerprint density at radius 2 is 1.90 bits per heavy atom. The lowest BCUT2D eigenvalue weighted by molar-refractivity contribution is 0.0785. The van der Waals surface area contributed by atoms with Crippen molar-refractivity contribution in [3.63, 3.8) is 0 Å². The number of anilines is 1. The molecule has 0 radical (unpaired) electrons. The summed E-state index contributed by atoms with van der Waals surface area (Å²) in [6.07, 6.45) is 2.84. The van der Waals surface area contributed by atoms with Crippen LogP contribution in [0.2, 0.25) is 0 Å². The number of aromatic nitrogens is 1. The van der Waals surface area contributed by atoms with E-state index in [-0.39, 0.29) is 11.7 Å². The van der Waals surface area contributed by atoms with Crippen molar-refractivity contribution < 1.29 is 14.3 Å². The molecule has 0 unspecified atom stereocenters. The number of nitrogens with zero attached hydrogens (tertiary/aromatic N) is 2. The number of hydrogen-bond acceptors (Lipinski definition) is 3. The third kappa shape index (κ3) is 3.85. The van der Waals surface area contributed by atoms with Crippen LogP contribution in [0.15, 0.2) is 54.7 Å². The Bertz CT molecular complexity index is 1100. The maximum absolute atomic E-state index is 14.2. The van der Waals surface area contributed by atoms with E-state index in [0.29, 0.717) is 24.9 Å². The van der Waals surface area contributed by atoms with Crippen LogP contribution in [-0.2, 0) is 18.4 Å². The van der Waals surface area contributed by atoms with Crippen molar-refractivity contribution in [2.75, 3.05) is 11.4 Å². The third-order valence-corrected chi connectivity index (χ3v) is 5.69. The van der Waals surface area contributed by atoms with E-state index in [1.165, 1.54) is 23.2 Å². The molecule has 0 atom stereocenters. The van der Waals surface area contributed by atoms with E-state index in [1.807, 2.05) is 30.3 Å². The predicted molar refractivity (Wildman–Crippen MR) is 115 cm³/mol. The molecule has 154 valence electrons. The van der Waals surface area contributed by atoms with Crippen LogP contribution in [0.25, 0.3) is 0 Å². The summed E-state index contributed by atoms with van der Waals surface area (Å²) >= 11 is 0. The summed E-state index contributed by atoms with van der Waals surface area (Å²) in [5, 5.41) is 10.1. The zero-order valence-corrected chi connectivity index (χ0v) is 17.4. The van der Waals surface area contributed by atoms with Crippen molar-refractivity contribution in [1.29, 1.82) is 0 Å². The molecule has 4 nitrogen and oxygen atoms in total. The van der Waals surface area contributed by atoms with Crippen molar-refractivity contribution in [1.82, 2.24) is 4.98 Å². The van der Waals surface area contributed by atoms with Gasteiger partial charge in [-0.3, -0.25) is 9.69 Å². The first kappa shape index (κ1) is 20.2. The summed E-state index contributed by atoms with van der Waals surface area (Å²) < 4.78 is 14.2. The van der Waals surface area contributed by atoms with Gasteiger partial charge in [-0.25, -0.2) is 9.37 Å². The highest BCUT2D eigenvalue weighted by Crippen LogP contribution is 2.28. The zero-order valence-electron chi connectivity index (χ0n) is 17.4. The quantitative estimate of drug-likeness (QED) is 0.694. The number of carbonyl (C=O) groups excluding carboxylic acids is 1. The van der Waals surface area contributed by atoms with Crippen LogP contribution in [0, 0.1) is 12.7 Å². The van der Waals surface area contributed by atoms with Gasteiger partial charge in [0.1, 0.15) is 0 Å². The lowest BCUT2D eigenvalue weighted by atomic mass is 9.90. The first-order chi connectivity index (χ1) is 14.2. The number of amides is 1. The van der Waals surface area contributed by atoms with Gasteiger partial charge >= 0.3 is 0 Å². The van der Waals surface area contributed by atoms with Gasteiger partial charge in [0, 0.05) is 18.3 Å². The van der Waals surface area contributed by atoms with Crippen LogP contribution >= 0.6 is 0 Å². The van der Waals surface area contributed by atoms with Crippen molar-refractivity contribution >= 4 is 11.7 Å². The molecule has 2 heterocycles. The van der Waals surface area contributed by atoms with E-state index in [2.05, 4.69) is 18.0 Å². The first-order valence-corrected chi connectivity index (χ1v) is 10.1. The molecule has 1 aliphatic heterocycles. The van der Waals surface area contributed by atoms with Crippen LogP contribution in [0.1, 0.15) is 52.0 Å². The lowest BCUT2D eigenvalue weighted by Crippen LogP contribution is -2.39. The molecule has 2 aromatic carbocycles. The van der Waals surface area contributed by atoms with E-state index < -0.39 is 11.4 Å². The maximum Gasteiger partial charge on any atom is 0.259 e. The molecule has 1 aliphatic rings. The molecule has 1 amide bonds. The highest BCUT2D eigenvalue weighted by Gasteiger charge is 2.28. The minimum Gasteiger partial charge on any atom is -0.386 e. The monoisotopic (exact) mass is 404 g/mol. The van der Waals surface area contributed by atoms with Gasteiger partial charge in [0.05, 0.1) is 5.60 Å². The molecule has 0 bridgehead atoms. The number of halogens is 1. The van der Waals surface area contributed by atoms with E-state index >= 15 is 0 Å². The van der Waals surface area contributed by atoms with Crippen molar-refractivity contribution in [3.05, 3.63) is 93.9 Å². The summed E-state index contributed by atoms with van der Waals surface area (Å²) in [5.41, 5.74) is 4.87. The fraction of sp³-hybridized carbons (Fsp3) is 0.280. The highest BCUT2D eigenvalue weighted by atomic mass is 19.1. The number of aryl methyl sites for hydroxylation is 1. The van der Waals surface area contributed by atoms with E-state index in [1.54, 1.807) is 13.8 Å². The molecule has 0 aliphatic carbocycles. The number of carbonyl (C=O) groups is 1. The Labute approximate surface area is 176 Å². The average molecular weight is 404 g/mol. The summed E-state index contributed by atoms with van der Waals surface area (Å²) in [6, 6.07) is 14.7. The summed E-state index contributed by atoms with van der Waals surface area (Å²) in [7, 11) is 0. The summed E-state index contributed by atoms with van der Waals surface area (Å²) in [5.74, 6) is -0.626. The van der Waals surface area contributed by atoms with Crippen LogP contribution < -0.4 is 4.90 Å². The van der Waals surface area contributed by atoms with Crippen molar-refractivity contribution in [2.45, 2.75) is 39.2 Å². The second kappa shape index (κ2) is 7.65.